The molecular weight excluding hydrogens is 372 g/mol. The van der Waals surface area contributed by atoms with Crippen molar-refractivity contribution in [3.05, 3.63) is 30.0 Å². The topological polar surface area (TPSA) is 107 Å². The Morgan fingerprint density at radius 2 is 2.11 bits per heavy atom. The van der Waals surface area contributed by atoms with Gasteiger partial charge in [-0.2, -0.15) is 0 Å². The first-order chi connectivity index (χ1) is 12.8. The Kier molecular flexibility index (Phi) is 5.50. The Bertz CT molecular complexity index is 952. The van der Waals surface area contributed by atoms with Gasteiger partial charge in [0.15, 0.2) is 21.5 Å². The summed E-state index contributed by atoms with van der Waals surface area (Å²) >= 11 is 0. The van der Waals surface area contributed by atoms with Gasteiger partial charge in [-0.25, -0.2) is 8.42 Å². The van der Waals surface area contributed by atoms with Crippen molar-refractivity contribution in [1.29, 1.82) is 0 Å². The fraction of sp³-hybridized carbons (Fsp3) is 0.500. The Morgan fingerprint density at radius 1 is 1.37 bits per heavy atom. The summed E-state index contributed by atoms with van der Waals surface area (Å²) in [7, 11) is -3.11. The van der Waals surface area contributed by atoms with Crippen LogP contribution in [0.5, 0.6) is 0 Å². The molecule has 1 aromatic carbocycles. The summed E-state index contributed by atoms with van der Waals surface area (Å²) in [6, 6.07) is 6.79. The van der Waals surface area contributed by atoms with E-state index in [2.05, 4.69) is 5.16 Å². The molecule has 1 saturated heterocycles. The van der Waals surface area contributed by atoms with Crippen LogP contribution in [0.25, 0.3) is 11.0 Å². The molecule has 0 radical (unpaired) electrons. The molecule has 1 aliphatic heterocycles. The number of nitrogens with zero attached hydrogens (tertiary/aromatic N) is 2. The first-order valence-electron chi connectivity index (χ1n) is 8.84. The number of ether oxygens (including phenoxy) is 1. The van der Waals surface area contributed by atoms with Crippen molar-refractivity contribution in [3.63, 3.8) is 0 Å². The van der Waals surface area contributed by atoms with Crippen molar-refractivity contribution in [1.82, 2.24) is 10.1 Å². The maximum absolute atomic E-state index is 12.6. The van der Waals surface area contributed by atoms with Gasteiger partial charge in [0, 0.05) is 18.0 Å². The van der Waals surface area contributed by atoms with E-state index in [4.69, 9.17) is 9.26 Å². The third-order valence-corrected chi connectivity index (χ3v) is 6.44. The average Bonchev–Trinajstić information content (AvgIpc) is 3.19. The summed E-state index contributed by atoms with van der Waals surface area (Å²) in [6.07, 6.45) is -0.703. The highest BCUT2D eigenvalue weighted by Crippen LogP contribution is 2.20. The molecule has 0 saturated carbocycles. The van der Waals surface area contributed by atoms with Crippen LogP contribution in [0.3, 0.4) is 0 Å². The molecule has 1 fully saturated rings. The highest BCUT2D eigenvalue weighted by Gasteiger charge is 2.36. The second-order valence-electron chi connectivity index (χ2n) is 6.62. The molecule has 0 spiro atoms. The van der Waals surface area contributed by atoms with Crippen LogP contribution in [0.4, 0.5) is 0 Å². The number of amides is 1. The van der Waals surface area contributed by atoms with Crippen molar-refractivity contribution in [3.8, 4) is 0 Å². The summed E-state index contributed by atoms with van der Waals surface area (Å²) in [5.41, 5.74) is 1.02. The number of carbonyl (C=O) groups excluding carboxylic acids is 2. The summed E-state index contributed by atoms with van der Waals surface area (Å²) in [6.45, 7) is 3.63. The molecule has 2 atom stereocenters. The zero-order chi connectivity index (χ0) is 19.6. The van der Waals surface area contributed by atoms with E-state index in [1.165, 1.54) is 11.8 Å². The lowest BCUT2D eigenvalue weighted by Crippen LogP contribution is -2.46. The molecule has 8 nitrogen and oxygen atoms in total. The van der Waals surface area contributed by atoms with Gasteiger partial charge in [0.1, 0.15) is 5.69 Å². The summed E-state index contributed by atoms with van der Waals surface area (Å²) < 4.78 is 33.8. The van der Waals surface area contributed by atoms with Crippen molar-refractivity contribution in [2.45, 2.75) is 38.8 Å². The van der Waals surface area contributed by atoms with Crippen LogP contribution in [0.1, 0.15) is 26.0 Å². The maximum atomic E-state index is 12.6. The van der Waals surface area contributed by atoms with E-state index >= 15 is 0 Å². The highest BCUT2D eigenvalue weighted by molar-refractivity contribution is 7.91. The average molecular weight is 394 g/mol. The molecule has 0 bridgehead atoms. The number of para-hydroxylation sites is 1. The molecular formula is C18H22N2O6S. The molecule has 0 aliphatic carbocycles. The second-order valence-corrected chi connectivity index (χ2v) is 8.84. The lowest BCUT2D eigenvalue weighted by molar-refractivity contribution is -0.159. The van der Waals surface area contributed by atoms with Crippen molar-refractivity contribution in [2.75, 3.05) is 18.1 Å². The van der Waals surface area contributed by atoms with Crippen LogP contribution in [0.2, 0.25) is 0 Å². The first kappa shape index (κ1) is 19.3. The monoisotopic (exact) mass is 394 g/mol. The van der Waals surface area contributed by atoms with Gasteiger partial charge in [0.05, 0.1) is 17.9 Å². The minimum Gasteiger partial charge on any atom is -0.452 e. The number of hydrogen-bond acceptors (Lipinski definition) is 7. The van der Waals surface area contributed by atoms with Crippen molar-refractivity contribution < 1.29 is 27.3 Å². The Labute approximate surface area is 157 Å². The number of aromatic nitrogens is 1. The molecule has 27 heavy (non-hydrogen) atoms. The van der Waals surface area contributed by atoms with Gasteiger partial charge in [-0.15, -0.1) is 0 Å². The van der Waals surface area contributed by atoms with Crippen LogP contribution < -0.4 is 0 Å². The zero-order valence-electron chi connectivity index (χ0n) is 15.3. The van der Waals surface area contributed by atoms with E-state index in [9.17, 15) is 18.0 Å². The molecule has 1 amide bonds. The highest BCUT2D eigenvalue weighted by atomic mass is 32.2. The van der Waals surface area contributed by atoms with Gasteiger partial charge < -0.3 is 14.2 Å². The number of hydrogen-bond donors (Lipinski definition) is 0. The van der Waals surface area contributed by atoms with Crippen molar-refractivity contribution in [2.24, 2.45) is 0 Å². The van der Waals surface area contributed by atoms with Gasteiger partial charge in [0.25, 0.3) is 5.91 Å². The van der Waals surface area contributed by atoms with Crippen LogP contribution in [0.15, 0.2) is 28.8 Å². The fourth-order valence-corrected chi connectivity index (χ4v) is 5.07. The van der Waals surface area contributed by atoms with Gasteiger partial charge in [-0.05, 0) is 32.4 Å². The number of sulfone groups is 1. The summed E-state index contributed by atoms with van der Waals surface area (Å²) in [5, 5.41) is 4.60. The lowest BCUT2D eigenvalue weighted by atomic mass is 10.2. The second kappa shape index (κ2) is 7.67. The van der Waals surface area contributed by atoms with E-state index in [-0.39, 0.29) is 24.0 Å². The molecule has 1 aliphatic rings. The van der Waals surface area contributed by atoms with Gasteiger partial charge in [-0.1, -0.05) is 17.3 Å². The van der Waals surface area contributed by atoms with Crippen LogP contribution in [-0.4, -0.2) is 60.5 Å². The number of benzene rings is 1. The van der Waals surface area contributed by atoms with E-state index in [0.717, 1.165) is 5.39 Å². The predicted octanol–water partition coefficient (Wildman–Crippen LogP) is 1.34. The smallest absolute Gasteiger partial charge is 0.312 e. The molecule has 146 valence electrons. The summed E-state index contributed by atoms with van der Waals surface area (Å²) in [4.78, 5) is 26.4. The number of fused-ring (bicyclic) bond motifs is 1. The first-order valence-corrected chi connectivity index (χ1v) is 10.7. The molecule has 0 N–H and O–H groups in total. The molecule has 9 heteroatoms. The fourth-order valence-electron chi connectivity index (χ4n) is 3.34. The molecule has 0 unspecified atom stereocenters. The van der Waals surface area contributed by atoms with Gasteiger partial charge in [0.2, 0.25) is 0 Å². The zero-order valence-corrected chi connectivity index (χ0v) is 16.1. The third-order valence-electron chi connectivity index (χ3n) is 4.69. The minimum atomic E-state index is -3.11. The molecule has 3 rings (SSSR count). The largest absolute Gasteiger partial charge is 0.452 e. The van der Waals surface area contributed by atoms with Crippen LogP contribution in [0, 0.1) is 0 Å². The Morgan fingerprint density at radius 3 is 2.78 bits per heavy atom. The van der Waals surface area contributed by atoms with E-state index in [1.54, 1.807) is 25.1 Å². The van der Waals surface area contributed by atoms with Gasteiger partial charge >= 0.3 is 5.97 Å². The van der Waals surface area contributed by atoms with Gasteiger partial charge in [-0.3, -0.25) is 9.59 Å². The summed E-state index contributed by atoms with van der Waals surface area (Å²) in [5.74, 6) is -0.949. The molecule has 2 aromatic rings. The minimum absolute atomic E-state index is 0.0435. The number of carbonyl (C=O) groups is 2. The standard InChI is InChI=1S/C18H22N2O6S/c1-3-20(13-8-9-27(23,24)11-13)18(22)12(2)25-17(21)10-15-14-6-4-5-7-16(14)26-19-15/h4-7,12-13H,3,8-11H2,1-2H3/t12-,13+/m1/s1. The Balaban J connectivity index is 1.62. The lowest BCUT2D eigenvalue weighted by Gasteiger charge is -2.29. The molecule has 2 heterocycles. The Hall–Kier alpha value is -2.42. The quantitative estimate of drug-likeness (QED) is 0.681. The van der Waals surface area contributed by atoms with Crippen LogP contribution in [-0.2, 0) is 30.6 Å². The van der Waals surface area contributed by atoms with E-state index in [1.807, 2.05) is 6.07 Å². The van der Waals surface area contributed by atoms with E-state index in [0.29, 0.717) is 24.2 Å². The third kappa shape index (κ3) is 4.29. The van der Waals surface area contributed by atoms with Crippen molar-refractivity contribution >= 4 is 32.7 Å². The number of likely N-dealkylation sites (N-methyl/N-ethyl adjacent to an activating group) is 1. The number of esters is 1. The number of rotatable bonds is 6. The predicted molar refractivity (Wildman–Crippen MR) is 97.7 cm³/mol. The van der Waals surface area contributed by atoms with E-state index < -0.39 is 27.8 Å². The molecule has 1 aromatic heterocycles. The SMILES string of the molecule is CCN(C(=O)[C@@H](C)OC(=O)Cc1noc2ccccc12)[C@H]1CCS(=O)(=O)C1. The normalized spacial score (nSPS) is 19.7. The van der Waals surface area contributed by atoms with Crippen LogP contribution >= 0.6 is 0 Å². The maximum Gasteiger partial charge on any atom is 0.312 e.